The Bertz CT molecular complexity index is 1150. The number of nitrogen functional groups attached to an aromatic ring is 1. The number of nitrogens with one attached hydrogen (secondary N) is 1. The maximum atomic E-state index is 12.4. The summed E-state index contributed by atoms with van der Waals surface area (Å²) in [5, 5.41) is 13.9. The highest BCUT2D eigenvalue weighted by Crippen LogP contribution is 2.55. The minimum absolute atomic E-state index is 0.0294. The first kappa shape index (κ1) is 27.6. The number of carbonyl (C=O) groups is 1. The number of para-hydroxylation sites is 1. The van der Waals surface area contributed by atoms with Crippen molar-refractivity contribution in [2.75, 3.05) is 5.73 Å². The van der Waals surface area contributed by atoms with Crippen LogP contribution < -0.4 is 21.0 Å². The fourth-order valence-electron chi connectivity index (χ4n) is 3.27. The molecule has 3 rings (SSSR count). The Labute approximate surface area is 210 Å². The van der Waals surface area contributed by atoms with E-state index in [1.54, 1.807) is 45.0 Å². The molecule has 11 nitrogen and oxygen atoms in total. The summed E-state index contributed by atoms with van der Waals surface area (Å²) in [5.41, 5.74) is 4.86. The summed E-state index contributed by atoms with van der Waals surface area (Å²) < 4.78 is 24.3. The van der Waals surface area contributed by atoms with Crippen molar-refractivity contribution in [3.8, 4) is 5.75 Å². The second-order valence-electron chi connectivity index (χ2n) is 8.39. The zero-order chi connectivity index (χ0) is 26.0. The van der Waals surface area contributed by atoms with Crippen LogP contribution in [0.5, 0.6) is 5.75 Å². The molecule has 1 aliphatic rings. The number of nitrogens with two attached hydrogens (primary N) is 1. The smallest absolute Gasteiger partial charge is 0.351 e. The van der Waals surface area contributed by atoms with E-state index in [2.05, 4.69) is 18.6 Å². The first-order chi connectivity index (χ1) is 16.3. The van der Waals surface area contributed by atoms with Gasteiger partial charge in [0.05, 0.1) is 6.10 Å². The van der Waals surface area contributed by atoms with Crippen LogP contribution in [0.1, 0.15) is 33.9 Å². The number of alkyl halides is 1. The van der Waals surface area contributed by atoms with Crippen molar-refractivity contribution in [1.82, 2.24) is 14.6 Å². The fraction of sp³-hybridized carbons (Fsp3) is 0.476. The summed E-state index contributed by atoms with van der Waals surface area (Å²) in [7, 11) is 0.179. The molecule has 0 amide bonds. The number of hydrogen-bond acceptors (Lipinski definition) is 9. The lowest BCUT2D eigenvalue weighted by Crippen LogP contribution is -2.42. The van der Waals surface area contributed by atoms with E-state index in [0.717, 1.165) is 4.57 Å². The quantitative estimate of drug-likeness (QED) is 0.244. The molecule has 1 saturated heterocycles. The van der Waals surface area contributed by atoms with E-state index in [9.17, 15) is 14.7 Å². The third-order valence-corrected chi connectivity index (χ3v) is 8.07. The number of ether oxygens (including phenoxy) is 2. The number of aliphatic hydroxyl groups is 1. The van der Waals surface area contributed by atoms with Gasteiger partial charge in [0.1, 0.15) is 28.6 Å². The summed E-state index contributed by atoms with van der Waals surface area (Å²) in [6.45, 7) is 6.54. The molecule has 2 aromatic rings. The maximum absolute atomic E-state index is 12.4. The molecule has 1 aromatic heterocycles. The Morgan fingerprint density at radius 2 is 2.00 bits per heavy atom. The van der Waals surface area contributed by atoms with Crippen molar-refractivity contribution < 1.29 is 28.4 Å². The molecular formula is C21H29ClN4O7P2. The number of halogens is 1. The molecule has 1 unspecified atom stereocenters. The Morgan fingerprint density at radius 1 is 1.34 bits per heavy atom. The molecule has 1 aromatic carbocycles. The van der Waals surface area contributed by atoms with E-state index < -0.39 is 48.4 Å². The minimum Gasteiger partial charge on any atom is -0.462 e. The van der Waals surface area contributed by atoms with Crippen LogP contribution in [-0.2, 0) is 18.8 Å². The summed E-state index contributed by atoms with van der Waals surface area (Å²) in [6.07, 6.45) is -2.88. The van der Waals surface area contributed by atoms with E-state index in [1.807, 2.05) is 6.07 Å². The van der Waals surface area contributed by atoms with E-state index in [4.69, 9.17) is 35.9 Å². The molecule has 1 aliphatic heterocycles. The van der Waals surface area contributed by atoms with Crippen LogP contribution in [-0.4, -0.2) is 50.0 Å². The molecule has 0 spiro atoms. The van der Waals surface area contributed by atoms with E-state index in [-0.39, 0.29) is 11.9 Å². The number of benzene rings is 1. The largest absolute Gasteiger partial charge is 0.462 e. The summed E-state index contributed by atoms with van der Waals surface area (Å²) in [6, 6.07) is 9.26. The fourth-order valence-corrected chi connectivity index (χ4v) is 6.38. The number of aliphatic hydroxyl groups excluding tert-OH is 1. The zero-order valence-corrected chi connectivity index (χ0v) is 22.3. The van der Waals surface area contributed by atoms with Crippen molar-refractivity contribution in [3.05, 3.63) is 53.1 Å². The van der Waals surface area contributed by atoms with Gasteiger partial charge >= 0.3 is 11.7 Å². The topological polar surface area (TPSA) is 147 Å². The number of anilines is 1. The molecule has 192 valence electrons. The van der Waals surface area contributed by atoms with Gasteiger partial charge in [0.15, 0.2) is 12.5 Å². The standard InChI is InChI=1S/C21H29ClN4O7P2/c1-12(2)30-17(28)13(3)25-35(34,32-14-8-6-5-7-9-14)33-18-16(27)21(4,22)19(31-18)26-11-10-15(23)24-20(26)29/h5-13,16,18-19,25,27,34H,1-4H3,(H2,23,24,29)/t13-,16-,18-,19-,21-,35?/m1/s1. The van der Waals surface area contributed by atoms with Crippen molar-refractivity contribution >= 4 is 39.1 Å². The average molecular weight is 547 g/mol. The first-order valence-corrected chi connectivity index (χ1v) is 14.1. The lowest BCUT2D eigenvalue weighted by atomic mass is 10.0. The normalized spacial score (nSPS) is 26.8. The zero-order valence-electron chi connectivity index (χ0n) is 19.6. The first-order valence-electron chi connectivity index (χ1n) is 10.7. The van der Waals surface area contributed by atoms with Gasteiger partial charge in [0.2, 0.25) is 0 Å². The summed E-state index contributed by atoms with van der Waals surface area (Å²) >= 11 is 6.62. The van der Waals surface area contributed by atoms with Crippen LogP contribution in [0.3, 0.4) is 0 Å². The Hall–Kier alpha value is -1.97. The molecule has 1 fully saturated rings. The Kier molecular flexibility index (Phi) is 8.65. The van der Waals surface area contributed by atoms with Crippen LogP contribution >= 0.6 is 27.3 Å². The molecule has 6 atom stereocenters. The van der Waals surface area contributed by atoms with Crippen molar-refractivity contribution in [2.45, 2.75) is 63.3 Å². The van der Waals surface area contributed by atoms with Gasteiger partial charge in [-0.1, -0.05) is 18.2 Å². The highest BCUT2D eigenvalue weighted by atomic mass is 35.5. The van der Waals surface area contributed by atoms with Crippen LogP contribution in [0.2, 0.25) is 0 Å². The highest BCUT2D eigenvalue weighted by Gasteiger charge is 2.55. The Balaban J connectivity index is 1.89. The lowest BCUT2D eigenvalue weighted by molar-refractivity contribution is -0.149. The van der Waals surface area contributed by atoms with Crippen LogP contribution in [0.15, 0.2) is 47.4 Å². The van der Waals surface area contributed by atoms with Gasteiger partial charge in [0.25, 0.3) is 7.15 Å². The number of rotatable bonds is 9. The van der Waals surface area contributed by atoms with Gasteiger partial charge in [-0.2, -0.15) is 4.98 Å². The maximum Gasteiger partial charge on any atom is 0.351 e. The third-order valence-electron chi connectivity index (χ3n) is 4.98. The summed E-state index contributed by atoms with van der Waals surface area (Å²) in [4.78, 5) is 27.0. The van der Waals surface area contributed by atoms with Gasteiger partial charge in [-0.15, -0.1) is 11.6 Å². The van der Waals surface area contributed by atoms with Crippen molar-refractivity contribution in [3.63, 3.8) is 0 Å². The molecule has 14 heteroatoms. The lowest BCUT2D eigenvalue weighted by Gasteiger charge is -2.31. The van der Waals surface area contributed by atoms with Gasteiger partial charge in [0, 0.05) is 6.20 Å². The van der Waals surface area contributed by atoms with Gasteiger partial charge in [-0.3, -0.25) is 13.9 Å². The van der Waals surface area contributed by atoms with Gasteiger partial charge < -0.3 is 24.8 Å². The van der Waals surface area contributed by atoms with Gasteiger partial charge in [-0.05, 0) is 54.4 Å². The molecular weight excluding hydrogens is 518 g/mol. The van der Waals surface area contributed by atoms with Gasteiger partial charge in [-0.25, -0.2) is 9.88 Å². The van der Waals surface area contributed by atoms with Crippen LogP contribution in [0, 0.1) is 0 Å². The second kappa shape index (κ2) is 11.0. The number of nitrogens with zero attached hydrogens (tertiary/aromatic N) is 2. The average Bonchev–Trinajstić information content (AvgIpc) is 2.97. The predicted octanol–water partition coefficient (Wildman–Crippen LogP) is 2.88. The van der Waals surface area contributed by atoms with E-state index >= 15 is 0 Å². The number of esters is 1. The number of carbonyl (C=O) groups excluding carboxylic acids is 1. The molecule has 0 saturated carbocycles. The van der Waals surface area contributed by atoms with Crippen LogP contribution in [0.25, 0.3) is 0 Å². The SMILES string of the molecule is CC(C)OC(=O)[C@@H](C)NP(=P)(Oc1ccccc1)O[C@H]1O[C@@H](n2ccc(N)nc2=O)[C@](C)(Cl)[C@@H]1O. The molecule has 0 radical (unpaired) electrons. The second-order valence-corrected chi connectivity index (χ2v) is 12.7. The monoisotopic (exact) mass is 546 g/mol. The number of hydrogen-bond donors (Lipinski definition) is 3. The van der Waals surface area contributed by atoms with Crippen molar-refractivity contribution in [1.29, 1.82) is 0 Å². The molecule has 0 aliphatic carbocycles. The van der Waals surface area contributed by atoms with E-state index in [0.29, 0.717) is 5.75 Å². The molecule has 35 heavy (non-hydrogen) atoms. The highest BCUT2D eigenvalue weighted by molar-refractivity contribution is 7.91. The minimum atomic E-state index is -3.34. The summed E-state index contributed by atoms with van der Waals surface area (Å²) in [5.74, 6) is -0.0820. The third kappa shape index (κ3) is 6.62. The molecule has 2 heterocycles. The Morgan fingerprint density at radius 3 is 2.60 bits per heavy atom. The molecule has 0 bridgehead atoms. The van der Waals surface area contributed by atoms with E-state index in [1.165, 1.54) is 19.2 Å². The van der Waals surface area contributed by atoms with Crippen molar-refractivity contribution in [2.24, 2.45) is 0 Å². The number of aromatic nitrogens is 2. The molecule has 4 N–H and O–H groups in total. The van der Waals surface area contributed by atoms with Crippen LogP contribution in [0.4, 0.5) is 5.82 Å². The predicted molar refractivity (Wildman–Crippen MR) is 134 cm³/mol.